The first-order valence-electron chi connectivity index (χ1n) is 6.18. The van der Waals surface area contributed by atoms with Crippen LogP contribution in [0.5, 0.6) is 0 Å². The van der Waals surface area contributed by atoms with Crippen molar-refractivity contribution in [1.29, 1.82) is 0 Å². The van der Waals surface area contributed by atoms with Gasteiger partial charge in [-0.25, -0.2) is 0 Å². The summed E-state index contributed by atoms with van der Waals surface area (Å²) in [6.07, 6.45) is 1.83. The predicted molar refractivity (Wildman–Crippen MR) is 84.3 cm³/mol. The molecule has 0 spiro atoms. The molecule has 2 heterocycles. The number of pyridine rings is 1. The van der Waals surface area contributed by atoms with Gasteiger partial charge in [0.25, 0.3) is 0 Å². The first-order valence-corrected chi connectivity index (χ1v) is 7.78. The van der Waals surface area contributed by atoms with Gasteiger partial charge in [0.2, 0.25) is 0 Å². The van der Waals surface area contributed by atoms with Crippen LogP contribution in [0.2, 0.25) is 0 Å². The SMILES string of the molecule is Cc1sc(C(CN)N(C)Cc2ccccn2)cc1Br. The average Bonchev–Trinajstić information content (AvgIpc) is 2.71. The van der Waals surface area contributed by atoms with Gasteiger partial charge in [-0.2, -0.15) is 0 Å². The van der Waals surface area contributed by atoms with E-state index in [1.807, 2.05) is 24.4 Å². The van der Waals surface area contributed by atoms with Crippen LogP contribution in [0, 0.1) is 6.92 Å². The minimum Gasteiger partial charge on any atom is -0.329 e. The van der Waals surface area contributed by atoms with Crippen LogP contribution in [-0.4, -0.2) is 23.5 Å². The van der Waals surface area contributed by atoms with Crippen LogP contribution >= 0.6 is 27.3 Å². The molecule has 1 unspecified atom stereocenters. The molecule has 5 heteroatoms. The van der Waals surface area contributed by atoms with E-state index in [0.29, 0.717) is 6.54 Å². The Morgan fingerprint density at radius 1 is 1.47 bits per heavy atom. The van der Waals surface area contributed by atoms with Crippen LogP contribution in [0.15, 0.2) is 34.9 Å². The molecule has 0 aliphatic carbocycles. The zero-order chi connectivity index (χ0) is 13.8. The van der Waals surface area contributed by atoms with Gasteiger partial charge in [0, 0.05) is 33.5 Å². The molecule has 0 radical (unpaired) electrons. The highest BCUT2D eigenvalue weighted by molar-refractivity contribution is 9.10. The van der Waals surface area contributed by atoms with Crippen molar-refractivity contribution in [2.75, 3.05) is 13.6 Å². The van der Waals surface area contributed by atoms with Gasteiger partial charge in [-0.05, 0) is 48.1 Å². The van der Waals surface area contributed by atoms with Gasteiger partial charge in [-0.3, -0.25) is 9.88 Å². The molecular formula is C14H18BrN3S. The van der Waals surface area contributed by atoms with Crippen LogP contribution in [0.4, 0.5) is 0 Å². The van der Waals surface area contributed by atoms with Gasteiger partial charge in [0.05, 0.1) is 11.7 Å². The second kappa shape index (κ2) is 6.61. The number of rotatable bonds is 5. The normalized spacial score (nSPS) is 12.9. The fourth-order valence-corrected chi connectivity index (χ4v) is 3.76. The molecule has 2 rings (SSSR count). The molecule has 2 aromatic heterocycles. The molecule has 19 heavy (non-hydrogen) atoms. The van der Waals surface area contributed by atoms with E-state index < -0.39 is 0 Å². The van der Waals surface area contributed by atoms with Gasteiger partial charge in [-0.1, -0.05) is 6.07 Å². The summed E-state index contributed by atoms with van der Waals surface area (Å²) < 4.78 is 1.16. The quantitative estimate of drug-likeness (QED) is 0.908. The minimum absolute atomic E-state index is 0.233. The summed E-state index contributed by atoms with van der Waals surface area (Å²) in [5.41, 5.74) is 7.01. The second-order valence-electron chi connectivity index (χ2n) is 4.54. The lowest BCUT2D eigenvalue weighted by Crippen LogP contribution is -2.29. The van der Waals surface area contributed by atoms with Crippen molar-refractivity contribution < 1.29 is 0 Å². The highest BCUT2D eigenvalue weighted by atomic mass is 79.9. The Labute approximate surface area is 126 Å². The minimum atomic E-state index is 0.233. The molecule has 0 saturated heterocycles. The van der Waals surface area contributed by atoms with Crippen LogP contribution in [-0.2, 0) is 6.54 Å². The highest BCUT2D eigenvalue weighted by Gasteiger charge is 2.19. The van der Waals surface area contributed by atoms with Gasteiger partial charge in [0.15, 0.2) is 0 Å². The van der Waals surface area contributed by atoms with E-state index in [-0.39, 0.29) is 6.04 Å². The van der Waals surface area contributed by atoms with Crippen molar-refractivity contribution in [2.24, 2.45) is 5.73 Å². The summed E-state index contributed by atoms with van der Waals surface area (Å²) in [6.45, 7) is 3.53. The lowest BCUT2D eigenvalue weighted by molar-refractivity contribution is 0.242. The predicted octanol–water partition coefficient (Wildman–Crippen LogP) is 3.35. The third-order valence-corrected chi connectivity index (χ3v) is 5.34. The topological polar surface area (TPSA) is 42.1 Å². The molecule has 0 saturated carbocycles. The number of nitrogens with zero attached hydrogens (tertiary/aromatic N) is 2. The zero-order valence-electron chi connectivity index (χ0n) is 11.1. The van der Waals surface area contributed by atoms with Gasteiger partial charge in [-0.15, -0.1) is 11.3 Å². The Balaban J connectivity index is 2.13. The van der Waals surface area contributed by atoms with E-state index in [0.717, 1.165) is 16.7 Å². The first-order chi connectivity index (χ1) is 9.11. The summed E-state index contributed by atoms with van der Waals surface area (Å²) in [4.78, 5) is 9.20. The average molecular weight is 340 g/mol. The third kappa shape index (κ3) is 3.63. The summed E-state index contributed by atoms with van der Waals surface area (Å²) in [7, 11) is 2.09. The molecule has 2 aromatic rings. The Bertz CT molecular complexity index is 507. The monoisotopic (exact) mass is 339 g/mol. The standard InChI is InChI=1S/C14H18BrN3S/c1-10-12(15)7-14(19-10)13(8-16)18(2)9-11-5-3-4-6-17-11/h3-7,13H,8-9,16H2,1-2H3. The molecular weight excluding hydrogens is 322 g/mol. The Morgan fingerprint density at radius 3 is 2.79 bits per heavy atom. The lowest BCUT2D eigenvalue weighted by Gasteiger charge is -2.25. The lowest BCUT2D eigenvalue weighted by atomic mass is 10.2. The number of thiophene rings is 1. The van der Waals surface area contributed by atoms with Crippen molar-refractivity contribution in [1.82, 2.24) is 9.88 Å². The fraction of sp³-hybridized carbons (Fsp3) is 0.357. The Hall–Kier alpha value is -0.750. The molecule has 102 valence electrons. The van der Waals surface area contributed by atoms with E-state index in [9.17, 15) is 0 Å². The number of aryl methyl sites for hydroxylation is 1. The number of likely N-dealkylation sites (N-methyl/N-ethyl adjacent to an activating group) is 1. The molecule has 3 nitrogen and oxygen atoms in total. The maximum Gasteiger partial charge on any atom is 0.0565 e. The molecule has 0 amide bonds. The maximum atomic E-state index is 5.95. The molecule has 0 bridgehead atoms. The molecule has 0 aromatic carbocycles. The van der Waals surface area contributed by atoms with Crippen molar-refractivity contribution >= 4 is 27.3 Å². The van der Waals surface area contributed by atoms with E-state index in [4.69, 9.17) is 5.73 Å². The van der Waals surface area contributed by atoms with Gasteiger partial charge >= 0.3 is 0 Å². The van der Waals surface area contributed by atoms with E-state index in [2.05, 4.69) is 45.9 Å². The summed E-state index contributed by atoms with van der Waals surface area (Å²) >= 11 is 5.37. The van der Waals surface area contributed by atoms with E-state index in [1.165, 1.54) is 9.75 Å². The highest BCUT2D eigenvalue weighted by Crippen LogP contribution is 2.32. The van der Waals surface area contributed by atoms with E-state index >= 15 is 0 Å². The number of hydrogen-bond donors (Lipinski definition) is 1. The van der Waals surface area contributed by atoms with Gasteiger partial charge in [0.1, 0.15) is 0 Å². The summed E-state index contributed by atoms with van der Waals surface area (Å²) in [5, 5.41) is 0. The Morgan fingerprint density at radius 2 is 2.26 bits per heavy atom. The molecule has 0 aliphatic heterocycles. The number of aromatic nitrogens is 1. The van der Waals surface area contributed by atoms with Crippen molar-refractivity contribution in [3.8, 4) is 0 Å². The molecule has 0 fully saturated rings. The zero-order valence-corrected chi connectivity index (χ0v) is 13.5. The summed E-state index contributed by atoms with van der Waals surface area (Å²) in [6, 6.07) is 8.40. The third-order valence-electron chi connectivity index (χ3n) is 3.10. The van der Waals surface area contributed by atoms with Crippen molar-refractivity contribution in [3.05, 3.63) is 50.4 Å². The maximum absolute atomic E-state index is 5.95. The van der Waals surface area contributed by atoms with Crippen LogP contribution in [0.1, 0.15) is 21.5 Å². The van der Waals surface area contributed by atoms with E-state index in [1.54, 1.807) is 11.3 Å². The smallest absolute Gasteiger partial charge is 0.0565 e. The largest absolute Gasteiger partial charge is 0.329 e. The van der Waals surface area contributed by atoms with Crippen molar-refractivity contribution in [3.63, 3.8) is 0 Å². The second-order valence-corrected chi connectivity index (χ2v) is 6.68. The number of nitrogens with two attached hydrogens (primary N) is 1. The Kier molecular flexibility index (Phi) is 5.10. The van der Waals surface area contributed by atoms with Gasteiger partial charge < -0.3 is 5.73 Å². The number of halogens is 1. The molecule has 2 N–H and O–H groups in total. The van der Waals surface area contributed by atoms with Crippen molar-refractivity contribution in [2.45, 2.75) is 19.5 Å². The fourth-order valence-electron chi connectivity index (χ4n) is 2.02. The summed E-state index contributed by atoms with van der Waals surface area (Å²) in [5.74, 6) is 0. The van der Waals surface area contributed by atoms with Crippen LogP contribution in [0.3, 0.4) is 0 Å². The number of hydrogen-bond acceptors (Lipinski definition) is 4. The van der Waals surface area contributed by atoms with Crippen LogP contribution < -0.4 is 5.73 Å². The molecule has 0 aliphatic rings. The van der Waals surface area contributed by atoms with Crippen LogP contribution in [0.25, 0.3) is 0 Å². The molecule has 1 atom stereocenters. The first kappa shape index (κ1) is 14.7.